The van der Waals surface area contributed by atoms with Crippen LogP contribution in [0.5, 0.6) is 0 Å². The van der Waals surface area contributed by atoms with E-state index in [4.69, 9.17) is 4.74 Å². The summed E-state index contributed by atoms with van der Waals surface area (Å²) in [5, 5.41) is 13.0. The lowest BCUT2D eigenvalue weighted by Crippen LogP contribution is -2.48. The highest BCUT2D eigenvalue weighted by Crippen LogP contribution is 2.36. The summed E-state index contributed by atoms with van der Waals surface area (Å²) >= 11 is 0. The first-order chi connectivity index (χ1) is 17.2. The molecule has 0 saturated carbocycles. The lowest BCUT2D eigenvalue weighted by Gasteiger charge is -2.26. The van der Waals surface area contributed by atoms with Gasteiger partial charge in [0.05, 0.1) is 23.3 Å². The third-order valence-electron chi connectivity index (χ3n) is 5.93. The van der Waals surface area contributed by atoms with E-state index in [1.54, 1.807) is 24.3 Å². The van der Waals surface area contributed by atoms with E-state index >= 15 is 0 Å². The monoisotopic (exact) mass is 503 g/mol. The highest BCUT2D eigenvalue weighted by Gasteiger charge is 2.42. The zero-order valence-electron chi connectivity index (χ0n) is 19.0. The van der Waals surface area contributed by atoms with E-state index in [1.165, 1.54) is 18.2 Å². The summed E-state index contributed by atoms with van der Waals surface area (Å²) in [5.41, 5.74) is -0.965. The van der Waals surface area contributed by atoms with Gasteiger partial charge in [-0.15, -0.1) is 0 Å². The molecule has 1 aliphatic rings. The average molecular weight is 503 g/mol. The number of carbonyl (C=O) groups excluding carboxylic acids is 2. The molecule has 2 aromatic carbocycles. The Morgan fingerprint density at radius 3 is 2.42 bits per heavy atom. The second kappa shape index (κ2) is 10.3. The summed E-state index contributed by atoms with van der Waals surface area (Å²) in [5.74, 6) is -0.827. The number of H-pyrrole nitrogens is 2. The Hall–Kier alpha value is -4.06. The lowest BCUT2D eigenvalue weighted by molar-refractivity contribution is -0.137. The minimum Gasteiger partial charge on any atom is -0.380 e. The molecule has 0 radical (unpaired) electrons. The maximum absolute atomic E-state index is 13.2. The number of ether oxygens (including phenoxy) is 1. The first-order valence-electron chi connectivity index (χ1n) is 11.1. The number of hydrogen-bond donors (Lipinski definition) is 5. The van der Waals surface area contributed by atoms with Crippen molar-refractivity contribution < 1.29 is 27.5 Å². The van der Waals surface area contributed by atoms with Crippen LogP contribution in [0.4, 0.5) is 24.5 Å². The molecule has 0 unspecified atom stereocenters. The Balaban J connectivity index is 1.35. The number of aromatic amines is 2. The van der Waals surface area contributed by atoms with Gasteiger partial charge in [-0.2, -0.15) is 13.2 Å². The number of alkyl halides is 3. The van der Waals surface area contributed by atoms with Gasteiger partial charge in [0.2, 0.25) is 5.91 Å². The fourth-order valence-corrected chi connectivity index (χ4v) is 3.88. The number of carbonyl (C=O) groups is 2. The van der Waals surface area contributed by atoms with Crippen LogP contribution in [0.1, 0.15) is 28.0 Å². The molecule has 12 heteroatoms. The number of nitrogens with one attached hydrogen (secondary N) is 5. The number of halogens is 3. The number of amides is 2. The minimum atomic E-state index is -4.48. The molecule has 5 N–H and O–H groups in total. The third kappa shape index (κ3) is 5.77. The molecule has 2 heterocycles. The molecular weight excluding hydrogens is 479 g/mol. The van der Waals surface area contributed by atoms with Crippen molar-refractivity contribution in [2.75, 3.05) is 25.1 Å². The predicted octanol–water partition coefficient (Wildman–Crippen LogP) is 2.92. The number of rotatable bonds is 8. The predicted molar refractivity (Wildman–Crippen MR) is 125 cm³/mol. The van der Waals surface area contributed by atoms with Crippen LogP contribution in [-0.2, 0) is 22.3 Å². The van der Waals surface area contributed by atoms with Crippen LogP contribution >= 0.6 is 0 Å². The number of para-hydroxylation sites is 1. The van der Waals surface area contributed by atoms with Gasteiger partial charge in [0.25, 0.3) is 11.5 Å². The minimum absolute atomic E-state index is 0.0202. The molecule has 4 rings (SSSR count). The topological polar surface area (TPSA) is 128 Å². The van der Waals surface area contributed by atoms with Crippen LogP contribution in [0.2, 0.25) is 0 Å². The lowest BCUT2D eigenvalue weighted by atomic mass is 9.86. The maximum atomic E-state index is 13.2. The number of benzene rings is 2. The third-order valence-corrected chi connectivity index (χ3v) is 5.93. The molecule has 1 fully saturated rings. The van der Waals surface area contributed by atoms with E-state index in [0.29, 0.717) is 18.7 Å². The van der Waals surface area contributed by atoms with E-state index in [9.17, 15) is 27.6 Å². The molecule has 1 aliphatic heterocycles. The molecule has 1 atom stereocenters. The largest absolute Gasteiger partial charge is 0.418 e. The Labute approximate surface area is 203 Å². The molecule has 0 bridgehead atoms. The number of anilines is 2. The van der Waals surface area contributed by atoms with Gasteiger partial charge in [0, 0.05) is 31.5 Å². The first-order valence-corrected chi connectivity index (χ1v) is 11.1. The van der Waals surface area contributed by atoms with Crippen LogP contribution < -0.4 is 21.5 Å². The molecule has 2 amide bonds. The Morgan fingerprint density at radius 2 is 1.78 bits per heavy atom. The van der Waals surface area contributed by atoms with Gasteiger partial charge in [0.1, 0.15) is 5.69 Å². The van der Waals surface area contributed by atoms with Crippen molar-refractivity contribution in [3.8, 4) is 0 Å². The molecule has 190 valence electrons. The Morgan fingerprint density at radius 1 is 1.03 bits per heavy atom. The van der Waals surface area contributed by atoms with E-state index in [0.717, 1.165) is 17.7 Å². The highest BCUT2D eigenvalue weighted by molar-refractivity contribution is 5.93. The van der Waals surface area contributed by atoms with Crippen molar-refractivity contribution in [3.05, 3.63) is 81.8 Å². The summed E-state index contributed by atoms with van der Waals surface area (Å²) < 4.78 is 45.0. The smallest absolute Gasteiger partial charge is 0.380 e. The quantitative estimate of drug-likeness (QED) is 0.323. The van der Waals surface area contributed by atoms with E-state index in [2.05, 4.69) is 26.1 Å². The molecule has 36 heavy (non-hydrogen) atoms. The van der Waals surface area contributed by atoms with Gasteiger partial charge >= 0.3 is 6.18 Å². The van der Waals surface area contributed by atoms with Gasteiger partial charge in [-0.1, -0.05) is 24.3 Å². The zero-order valence-corrected chi connectivity index (χ0v) is 19.0. The SMILES string of the molecule is O=C(NC[C@@]1(C(=O)NCc2ccc(Nc3ccccc3C(F)(F)F)cc2)CCOC1)c1cc(=O)[nH][nH]1. The van der Waals surface area contributed by atoms with Crippen molar-refractivity contribution in [1.29, 1.82) is 0 Å². The van der Waals surface area contributed by atoms with Crippen LogP contribution in [0.3, 0.4) is 0 Å². The van der Waals surface area contributed by atoms with E-state index in [1.807, 2.05) is 0 Å². The molecule has 3 aromatic rings. The van der Waals surface area contributed by atoms with Gasteiger partial charge in [-0.05, 0) is 36.2 Å². The molecule has 0 aliphatic carbocycles. The first kappa shape index (κ1) is 25.0. The fraction of sp³-hybridized carbons (Fsp3) is 0.292. The van der Waals surface area contributed by atoms with Crippen molar-refractivity contribution in [1.82, 2.24) is 20.8 Å². The molecule has 9 nitrogen and oxygen atoms in total. The van der Waals surface area contributed by atoms with Gasteiger partial charge in [0.15, 0.2) is 0 Å². The molecule has 0 spiro atoms. The summed E-state index contributed by atoms with van der Waals surface area (Å²) in [7, 11) is 0. The number of aromatic nitrogens is 2. The van der Waals surface area contributed by atoms with Crippen LogP contribution in [0.25, 0.3) is 0 Å². The van der Waals surface area contributed by atoms with Crippen LogP contribution in [-0.4, -0.2) is 41.8 Å². The average Bonchev–Trinajstić information content (AvgIpc) is 3.52. The summed E-state index contributed by atoms with van der Waals surface area (Å²) in [6, 6.07) is 13.0. The van der Waals surface area contributed by atoms with Crippen molar-refractivity contribution in [2.45, 2.75) is 19.1 Å². The van der Waals surface area contributed by atoms with Crippen LogP contribution in [0, 0.1) is 5.41 Å². The van der Waals surface area contributed by atoms with Crippen molar-refractivity contribution in [2.24, 2.45) is 5.41 Å². The molecular formula is C24H24F3N5O4. The van der Waals surface area contributed by atoms with Crippen molar-refractivity contribution in [3.63, 3.8) is 0 Å². The zero-order chi connectivity index (χ0) is 25.8. The molecule has 1 aromatic heterocycles. The molecule has 1 saturated heterocycles. The van der Waals surface area contributed by atoms with E-state index < -0.39 is 28.6 Å². The standard InChI is InChI=1S/C24H24F3N5O4/c25-24(26,27)17-3-1-2-4-18(17)30-16-7-5-15(6-8-16)12-28-22(35)23(9-10-36-14-23)13-29-21(34)19-11-20(33)32-31-19/h1-8,11,30H,9-10,12-14H2,(H,28,35)(H,29,34)(H2,31,32,33)/t23-/m0/s1. The van der Waals surface area contributed by atoms with Gasteiger partial charge in [-0.25, -0.2) is 0 Å². The maximum Gasteiger partial charge on any atom is 0.418 e. The second-order valence-electron chi connectivity index (χ2n) is 8.49. The Kier molecular flexibility index (Phi) is 7.15. The summed E-state index contributed by atoms with van der Waals surface area (Å²) in [6.45, 7) is 0.694. The van der Waals surface area contributed by atoms with Gasteiger partial charge < -0.3 is 20.7 Å². The summed E-state index contributed by atoms with van der Waals surface area (Å²) in [6.07, 6.45) is -4.07. The number of hydrogen-bond acceptors (Lipinski definition) is 5. The van der Waals surface area contributed by atoms with Gasteiger partial charge in [-0.3, -0.25) is 24.6 Å². The Bertz CT molecular complexity index is 1280. The van der Waals surface area contributed by atoms with E-state index in [-0.39, 0.29) is 37.0 Å². The fourth-order valence-electron chi connectivity index (χ4n) is 3.88. The van der Waals surface area contributed by atoms with Crippen LogP contribution in [0.15, 0.2) is 59.4 Å². The highest BCUT2D eigenvalue weighted by atomic mass is 19.4. The van der Waals surface area contributed by atoms with Crippen molar-refractivity contribution >= 4 is 23.2 Å². The normalized spacial score (nSPS) is 17.5. The summed E-state index contributed by atoms with van der Waals surface area (Å²) in [4.78, 5) is 36.5. The second-order valence-corrected chi connectivity index (χ2v) is 8.49.